The van der Waals surface area contributed by atoms with Gasteiger partial charge in [-0.15, -0.1) is 5.10 Å². The molecular formula is C15H14F3N7O. The number of amides is 1. The van der Waals surface area contributed by atoms with Crippen LogP contribution in [0.5, 0.6) is 0 Å². The van der Waals surface area contributed by atoms with Crippen LogP contribution in [0.1, 0.15) is 28.8 Å². The largest absolute Gasteiger partial charge is 0.416 e. The number of hydrogen-bond donors (Lipinski definition) is 1. The van der Waals surface area contributed by atoms with Crippen molar-refractivity contribution >= 4 is 11.9 Å². The molecule has 0 aliphatic carbocycles. The Morgan fingerprint density at radius 3 is 2.73 bits per heavy atom. The van der Waals surface area contributed by atoms with Gasteiger partial charge in [0.15, 0.2) is 11.5 Å². The number of aromatic nitrogens is 6. The van der Waals surface area contributed by atoms with Gasteiger partial charge in [0.25, 0.3) is 5.91 Å². The van der Waals surface area contributed by atoms with Gasteiger partial charge in [-0.2, -0.15) is 23.3 Å². The van der Waals surface area contributed by atoms with Crippen molar-refractivity contribution < 1.29 is 18.0 Å². The minimum atomic E-state index is -4.47. The molecule has 0 fully saturated rings. The molecule has 1 N–H and O–H groups in total. The highest BCUT2D eigenvalue weighted by Crippen LogP contribution is 2.30. The Bertz CT molecular complexity index is 945. The van der Waals surface area contributed by atoms with Crippen molar-refractivity contribution in [1.82, 2.24) is 29.8 Å². The van der Waals surface area contributed by atoms with E-state index in [0.717, 1.165) is 16.8 Å². The number of carbonyl (C=O) groups excluding carboxylic acids is 1. The summed E-state index contributed by atoms with van der Waals surface area (Å²) in [7, 11) is 1.63. The Labute approximate surface area is 145 Å². The molecule has 0 spiro atoms. The van der Waals surface area contributed by atoms with Gasteiger partial charge in [-0.3, -0.25) is 10.1 Å². The lowest BCUT2D eigenvalue weighted by Gasteiger charge is -2.08. The van der Waals surface area contributed by atoms with Crippen molar-refractivity contribution in [2.75, 3.05) is 5.32 Å². The zero-order valence-electron chi connectivity index (χ0n) is 13.8. The topological polar surface area (TPSA) is 90.5 Å². The number of nitrogens with zero attached hydrogens (tertiary/aromatic N) is 6. The second-order valence-corrected chi connectivity index (χ2v) is 5.38. The molecule has 3 rings (SSSR count). The molecule has 26 heavy (non-hydrogen) atoms. The molecule has 0 aliphatic heterocycles. The highest BCUT2D eigenvalue weighted by Gasteiger charge is 2.30. The minimum absolute atomic E-state index is 0.0662. The highest BCUT2D eigenvalue weighted by atomic mass is 19.4. The van der Waals surface area contributed by atoms with Crippen molar-refractivity contribution in [3.63, 3.8) is 0 Å². The fourth-order valence-electron chi connectivity index (χ4n) is 2.18. The van der Waals surface area contributed by atoms with Crippen LogP contribution in [0, 0.1) is 0 Å². The Balaban J connectivity index is 1.81. The fraction of sp³-hybridized carbons (Fsp3) is 0.267. The number of hydrogen-bond acceptors (Lipinski definition) is 5. The van der Waals surface area contributed by atoms with E-state index in [1.165, 1.54) is 23.0 Å². The van der Waals surface area contributed by atoms with Crippen LogP contribution in [0.3, 0.4) is 0 Å². The lowest BCUT2D eigenvalue weighted by Crippen LogP contribution is -2.15. The Morgan fingerprint density at radius 2 is 2.08 bits per heavy atom. The Kier molecular flexibility index (Phi) is 4.45. The molecular weight excluding hydrogens is 351 g/mol. The molecule has 1 aromatic carbocycles. The van der Waals surface area contributed by atoms with Crippen LogP contribution >= 0.6 is 0 Å². The molecule has 0 bridgehead atoms. The molecule has 136 valence electrons. The van der Waals surface area contributed by atoms with Gasteiger partial charge in [-0.05, 0) is 18.2 Å². The summed E-state index contributed by atoms with van der Waals surface area (Å²) in [6.45, 7) is 1.88. The molecule has 0 saturated heterocycles. The molecule has 2 heterocycles. The van der Waals surface area contributed by atoms with Gasteiger partial charge in [0.05, 0.1) is 17.4 Å². The third-order valence-corrected chi connectivity index (χ3v) is 3.51. The van der Waals surface area contributed by atoms with Crippen molar-refractivity contribution in [3.8, 4) is 5.69 Å². The number of alkyl halides is 3. The Hall–Kier alpha value is -3.24. The maximum absolute atomic E-state index is 12.8. The predicted molar refractivity (Wildman–Crippen MR) is 84.7 cm³/mol. The first-order valence-electron chi connectivity index (χ1n) is 7.59. The first kappa shape index (κ1) is 17.6. The predicted octanol–water partition coefficient (Wildman–Crippen LogP) is 2.23. The lowest BCUT2D eigenvalue weighted by molar-refractivity contribution is -0.137. The van der Waals surface area contributed by atoms with Crippen LogP contribution < -0.4 is 5.32 Å². The molecule has 0 aliphatic rings. The second kappa shape index (κ2) is 6.58. The van der Waals surface area contributed by atoms with Gasteiger partial charge in [0.2, 0.25) is 5.95 Å². The average molecular weight is 365 g/mol. The quantitative estimate of drug-likeness (QED) is 0.766. The third-order valence-electron chi connectivity index (χ3n) is 3.51. The van der Waals surface area contributed by atoms with Gasteiger partial charge in [0.1, 0.15) is 0 Å². The maximum atomic E-state index is 12.8. The third kappa shape index (κ3) is 3.55. The summed E-state index contributed by atoms with van der Waals surface area (Å²) >= 11 is 0. The van der Waals surface area contributed by atoms with E-state index in [0.29, 0.717) is 12.2 Å². The van der Waals surface area contributed by atoms with Crippen molar-refractivity contribution in [2.45, 2.75) is 19.5 Å². The molecule has 0 radical (unpaired) electrons. The molecule has 8 nitrogen and oxygen atoms in total. The van der Waals surface area contributed by atoms with Crippen LogP contribution in [-0.4, -0.2) is 35.7 Å². The van der Waals surface area contributed by atoms with Crippen LogP contribution in [0.4, 0.5) is 19.1 Å². The van der Waals surface area contributed by atoms with Crippen LogP contribution in [-0.2, 0) is 19.6 Å². The van der Waals surface area contributed by atoms with Gasteiger partial charge >= 0.3 is 6.18 Å². The normalized spacial score (nSPS) is 11.6. The number of carbonyl (C=O) groups is 1. The van der Waals surface area contributed by atoms with E-state index in [1.807, 2.05) is 6.92 Å². The van der Waals surface area contributed by atoms with Crippen molar-refractivity contribution in [2.24, 2.45) is 7.05 Å². The Morgan fingerprint density at radius 1 is 1.31 bits per heavy atom. The van der Waals surface area contributed by atoms with Crippen LogP contribution in [0.2, 0.25) is 0 Å². The van der Waals surface area contributed by atoms with Gasteiger partial charge < -0.3 is 0 Å². The fourth-order valence-corrected chi connectivity index (χ4v) is 2.18. The summed E-state index contributed by atoms with van der Waals surface area (Å²) in [5.74, 6) is 0.206. The number of rotatable bonds is 4. The number of anilines is 1. The number of benzene rings is 1. The lowest BCUT2D eigenvalue weighted by atomic mass is 10.2. The molecule has 3 aromatic rings. The van der Waals surface area contributed by atoms with Gasteiger partial charge in [-0.25, -0.2) is 9.36 Å². The summed E-state index contributed by atoms with van der Waals surface area (Å²) in [6.07, 6.45) is -2.63. The van der Waals surface area contributed by atoms with E-state index in [2.05, 4.69) is 25.7 Å². The molecule has 1 amide bonds. The SMILES string of the molecule is CCc1nc(NC(=O)c2cn(-c3cccc(C(F)(F)F)c3)nn2)n(C)n1. The van der Waals surface area contributed by atoms with Crippen molar-refractivity contribution in [1.29, 1.82) is 0 Å². The van der Waals surface area contributed by atoms with E-state index in [1.54, 1.807) is 7.05 Å². The monoisotopic (exact) mass is 365 g/mol. The smallest absolute Gasteiger partial charge is 0.289 e. The average Bonchev–Trinajstić information content (AvgIpc) is 3.22. The number of aryl methyl sites for hydroxylation is 2. The summed E-state index contributed by atoms with van der Waals surface area (Å²) in [5, 5.41) is 14.1. The maximum Gasteiger partial charge on any atom is 0.416 e. The van der Waals surface area contributed by atoms with Gasteiger partial charge in [-0.1, -0.05) is 18.2 Å². The van der Waals surface area contributed by atoms with Crippen molar-refractivity contribution in [3.05, 3.63) is 47.5 Å². The standard InChI is InChI=1S/C15H14F3N7O/c1-3-12-19-14(24(2)22-12)20-13(26)11-8-25(23-21-11)10-6-4-5-9(7-10)15(16,17)18/h4-8H,3H2,1-2H3,(H,19,20,22,26). The molecule has 0 atom stereocenters. The van der Waals surface area contributed by atoms with Crippen LogP contribution in [0.15, 0.2) is 30.5 Å². The van der Waals surface area contributed by atoms with E-state index >= 15 is 0 Å². The summed E-state index contributed by atoms with van der Waals surface area (Å²) in [6, 6.07) is 4.56. The molecule has 11 heteroatoms. The van der Waals surface area contributed by atoms with E-state index in [9.17, 15) is 18.0 Å². The van der Waals surface area contributed by atoms with E-state index in [-0.39, 0.29) is 17.3 Å². The van der Waals surface area contributed by atoms with E-state index in [4.69, 9.17) is 0 Å². The molecule has 0 saturated carbocycles. The molecule has 0 unspecified atom stereocenters. The first-order valence-corrected chi connectivity index (χ1v) is 7.59. The number of halogens is 3. The minimum Gasteiger partial charge on any atom is -0.289 e. The second-order valence-electron chi connectivity index (χ2n) is 5.38. The molecule has 2 aromatic heterocycles. The zero-order valence-corrected chi connectivity index (χ0v) is 13.8. The van der Waals surface area contributed by atoms with E-state index < -0.39 is 17.6 Å². The highest BCUT2D eigenvalue weighted by molar-refractivity contribution is 6.01. The first-order chi connectivity index (χ1) is 12.3. The van der Waals surface area contributed by atoms with Crippen LogP contribution in [0.25, 0.3) is 5.69 Å². The number of nitrogens with one attached hydrogen (secondary N) is 1. The summed E-state index contributed by atoms with van der Waals surface area (Å²) in [4.78, 5) is 16.4. The summed E-state index contributed by atoms with van der Waals surface area (Å²) < 4.78 is 40.9. The summed E-state index contributed by atoms with van der Waals surface area (Å²) in [5.41, 5.74) is -0.746. The van der Waals surface area contributed by atoms with Gasteiger partial charge in [0, 0.05) is 13.5 Å². The zero-order chi connectivity index (χ0) is 18.9.